The van der Waals surface area contributed by atoms with Crippen LogP contribution in [0.4, 0.5) is 4.79 Å². The summed E-state index contributed by atoms with van der Waals surface area (Å²) in [6, 6.07) is -0.545. The number of amides is 2. The topological polar surface area (TPSA) is 78.4 Å². The molecule has 0 aliphatic rings. The Bertz CT molecular complexity index is 284. The Morgan fingerprint density at radius 1 is 1.22 bits per heavy atom. The van der Waals surface area contributed by atoms with Gasteiger partial charge in [0.25, 0.3) is 0 Å². The Balaban J connectivity index is 4.40. The van der Waals surface area contributed by atoms with Crippen molar-refractivity contribution >= 4 is 12.0 Å². The van der Waals surface area contributed by atoms with Gasteiger partial charge in [-0.3, -0.25) is 4.79 Å². The van der Waals surface area contributed by atoms with E-state index in [9.17, 15) is 9.59 Å². The number of urea groups is 1. The van der Waals surface area contributed by atoms with Gasteiger partial charge in [-0.1, -0.05) is 27.7 Å². The zero-order valence-electron chi connectivity index (χ0n) is 12.0. The van der Waals surface area contributed by atoms with Crippen LogP contribution in [0.15, 0.2) is 0 Å². The molecule has 2 amide bonds. The highest BCUT2D eigenvalue weighted by Gasteiger charge is 2.22. The van der Waals surface area contributed by atoms with Crippen molar-refractivity contribution in [1.82, 2.24) is 10.6 Å². The zero-order valence-corrected chi connectivity index (χ0v) is 12.0. The summed E-state index contributed by atoms with van der Waals surface area (Å²) in [6.07, 6.45) is 1.43. The average Bonchev–Trinajstić information content (AvgIpc) is 2.12. The maximum Gasteiger partial charge on any atom is 0.315 e. The maximum atomic E-state index is 11.7. The molecule has 5 nitrogen and oxygen atoms in total. The SMILES string of the molecule is CCC(C)NC(=O)NC(CC(=O)O)CC(C)(C)C. The highest BCUT2D eigenvalue weighted by atomic mass is 16.4. The normalized spacial score (nSPS) is 14.7. The minimum atomic E-state index is -0.895. The van der Waals surface area contributed by atoms with E-state index in [4.69, 9.17) is 5.11 Å². The van der Waals surface area contributed by atoms with Crippen molar-refractivity contribution in [1.29, 1.82) is 0 Å². The Labute approximate surface area is 109 Å². The molecule has 0 spiro atoms. The largest absolute Gasteiger partial charge is 0.481 e. The van der Waals surface area contributed by atoms with Gasteiger partial charge in [0.1, 0.15) is 0 Å². The van der Waals surface area contributed by atoms with E-state index in [1.165, 1.54) is 0 Å². The third-order valence-corrected chi connectivity index (χ3v) is 2.60. The van der Waals surface area contributed by atoms with Crippen molar-refractivity contribution < 1.29 is 14.7 Å². The summed E-state index contributed by atoms with van der Waals surface area (Å²) in [6.45, 7) is 9.96. The second kappa shape index (κ2) is 7.24. The van der Waals surface area contributed by atoms with Crippen LogP contribution in [-0.4, -0.2) is 29.2 Å². The van der Waals surface area contributed by atoms with Crippen LogP contribution in [0, 0.1) is 5.41 Å². The second-order valence-corrected chi connectivity index (χ2v) is 5.99. The lowest BCUT2D eigenvalue weighted by molar-refractivity contribution is -0.137. The van der Waals surface area contributed by atoms with Gasteiger partial charge >= 0.3 is 12.0 Å². The number of carbonyl (C=O) groups is 2. The molecule has 2 unspecified atom stereocenters. The number of carboxylic acids is 1. The highest BCUT2D eigenvalue weighted by Crippen LogP contribution is 2.22. The quantitative estimate of drug-likeness (QED) is 0.684. The molecule has 18 heavy (non-hydrogen) atoms. The fourth-order valence-corrected chi connectivity index (χ4v) is 1.68. The molecule has 0 aromatic heterocycles. The predicted octanol–water partition coefficient (Wildman–Crippen LogP) is 2.36. The smallest absolute Gasteiger partial charge is 0.315 e. The van der Waals surface area contributed by atoms with Gasteiger partial charge in [0.05, 0.1) is 6.42 Å². The molecular formula is C13H26N2O3. The Kier molecular flexibility index (Phi) is 6.73. The number of aliphatic carboxylic acids is 1. The summed E-state index contributed by atoms with van der Waals surface area (Å²) < 4.78 is 0. The standard InChI is InChI=1S/C13H26N2O3/c1-6-9(2)14-12(18)15-10(7-11(16)17)8-13(3,4)5/h9-10H,6-8H2,1-5H3,(H,16,17)(H2,14,15,18). The molecule has 0 saturated carbocycles. The fraction of sp³-hybridized carbons (Fsp3) is 0.846. The first-order valence-electron chi connectivity index (χ1n) is 6.43. The summed E-state index contributed by atoms with van der Waals surface area (Å²) in [5.41, 5.74) is -0.0240. The van der Waals surface area contributed by atoms with Gasteiger partial charge < -0.3 is 15.7 Å². The summed E-state index contributed by atoms with van der Waals surface area (Å²) >= 11 is 0. The minimum absolute atomic E-state index is 0.0240. The summed E-state index contributed by atoms with van der Waals surface area (Å²) in [4.78, 5) is 22.5. The maximum absolute atomic E-state index is 11.7. The summed E-state index contributed by atoms with van der Waals surface area (Å²) in [5.74, 6) is -0.895. The lowest BCUT2D eigenvalue weighted by atomic mass is 9.87. The molecule has 0 aliphatic heterocycles. The molecule has 0 heterocycles. The molecule has 0 radical (unpaired) electrons. The Hall–Kier alpha value is -1.26. The van der Waals surface area contributed by atoms with Crippen LogP contribution in [0.25, 0.3) is 0 Å². The monoisotopic (exact) mass is 258 g/mol. The molecule has 3 N–H and O–H groups in total. The van der Waals surface area contributed by atoms with E-state index in [2.05, 4.69) is 10.6 Å². The number of hydrogen-bond donors (Lipinski definition) is 3. The van der Waals surface area contributed by atoms with E-state index in [0.29, 0.717) is 6.42 Å². The van der Waals surface area contributed by atoms with Crippen LogP contribution in [0.3, 0.4) is 0 Å². The third kappa shape index (κ3) is 8.84. The Morgan fingerprint density at radius 3 is 2.17 bits per heavy atom. The molecule has 0 rings (SSSR count). The lowest BCUT2D eigenvalue weighted by Crippen LogP contribution is -2.47. The van der Waals surface area contributed by atoms with Crippen molar-refractivity contribution in [3.05, 3.63) is 0 Å². The molecule has 0 aromatic carbocycles. The van der Waals surface area contributed by atoms with Gasteiger partial charge in [0.2, 0.25) is 0 Å². The molecule has 0 bridgehead atoms. The minimum Gasteiger partial charge on any atom is -0.481 e. The van der Waals surface area contributed by atoms with E-state index >= 15 is 0 Å². The van der Waals surface area contributed by atoms with Crippen LogP contribution in [0.1, 0.15) is 53.9 Å². The predicted molar refractivity (Wildman–Crippen MR) is 71.5 cm³/mol. The molecule has 0 fully saturated rings. The van der Waals surface area contributed by atoms with E-state index in [-0.39, 0.29) is 30.0 Å². The van der Waals surface area contributed by atoms with Crippen LogP contribution in [0.5, 0.6) is 0 Å². The van der Waals surface area contributed by atoms with Crippen LogP contribution in [0.2, 0.25) is 0 Å². The Morgan fingerprint density at radius 2 is 1.78 bits per heavy atom. The van der Waals surface area contributed by atoms with Crippen molar-refractivity contribution in [2.75, 3.05) is 0 Å². The fourth-order valence-electron chi connectivity index (χ4n) is 1.68. The van der Waals surface area contributed by atoms with Crippen LogP contribution >= 0.6 is 0 Å². The first-order valence-corrected chi connectivity index (χ1v) is 6.43. The first-order chi connectivity index (χ1) is 8.14. The molecule has 0 aromatic rings. The molecule has 0 aliphatic carbocycles. The highest BCUT2D eigenvalue weighted by molar-refractivity contribution is 5.75. The number of carbonyl (C=O) groups excluding carboxylic acids is 1. The van der Waals surface area contributed by atoms with Crippen molar-refractivity contribution in [2.45, 2.75) is 66.0 Å². The molecule has 5 heteroatoms. The zero-order chi connectivity index (χ0) is 14.3. The van der Waals surface area contributed by atoms with Gasteiger partial charge in [-0.15, -0.1) is 0 Å². The molecule has 2 atom stereocenters. The van der Waals surface area contributed by atoms with Crippen molar-refractivity contribution in [2.24, 2.45) is 5.41 Å². The second-order valence-electron chi connectivity index (χ2n) is 5.99. The molecule has 0 saturated heterocycles. The number of carboxylic acid groups (broad SMARTS) is 1. The first kappa shape index (κ1) is 16.7. The van der Waals surface area contributed by atoms with E-state index in [0.717, 1.165) is 6.42 Å². The van der Waals surface area contributed by atoms with Gasteiger partial charge in [0.15, 0.2) is 0 Å². The van der Waals surface area contributed by atoms with Gasteiger partial charge in [-0.2, -0.15) is 0 Å². The van der Waals surface area contributed by atoms with Gasteiger partial charge in [-0.25, -0.2) is 4.79 Å². The van der Waals surface area contributed by atoms with Crippen LogP contribution < -0.4 is 10.6 Å². The number of hydrogen-bond acceptors (Lipinski definition) is 2. The van der Waals surface area contributed by atoms with E-state index in [1.54, 1.807) is 0 Å². The number of nitrogens with one attached hydrogen (secondary N) is 2. The summed E-state index contributed by atoms with van der Waals surface area (Å²) in [7, 11) is 0. The average molecular weight is 258 g/mol. The lowest BCUT2D eigenvalue weighted by Gasteiger charge is -2.26. The number of rotatable bonds is 6. The van der Waals surface area contributed by atoms with Crippen molar-refractivity contribution in [3.8, 4) is 0 Å². The van der Waals surface area contributed by atoms with Crippen LogP contribution in [-0.2, 0) is 4.79 Å². The van der Waals surface area contributed by atoms with E-state index in [1.807, 2.05) is 34.6 Å². The molecular weight excluding hydrogens is 232 g/mol. The van der Waals surface area contributed by atoms with Crippen molar-refractivity contribution in [3.63, 3.8) is 0 Å². The van der Waals surface area contributed by atoms with E-state index < -0.39 is 5.97 Å². The molecule has 106 valence electrons. The third-order valence-electron chi connectivity index (χ3n) is 2.60. The summed E-state index contributed by atoms with van der Waals surface area (Å²) in [5, 5.41) is 14.4. The van der Waals surface area contributed by atoms with Gasteiger partial charge in [0, 0.05) is 12.1 Å². The van der Waals surface area contributed by atoms with Gasteiger partial charge in [-0.05, 0) is 25.2 Å².